The summed E-state index contributed by atoms with van der Waals surface area (Å²) < 4.78 is 11.1. The molecule has 0 spiro atoms. The van der Waals surface area contributed by atoms with Crippen LogP contribution in [0.2, 0.25) is 0 Å². The molecule has 2 aromatic carbocycles. The number of aliphatic hydroxyl groups is 1. The van der Waals surface area contributed by atoms with Crippen LogP contribution in [-0.4, -0.2) is 51.0 Å². The highest BCUT2D eigenvalue weighted by Crippen LogP contribution is 2.28. The Morgan fingerprint density at radius 2 is 1.77 bits per heavy atom. The Hall–Kier alpha value is -2.57. The average Bonchev–Trinajstić information content (AvgIpc) is 2.74. The Balaban J connectivity index is 1.75. The van der Waals surface area contributed by atoms with Gasteiger partial charge in [0.2, 0.25) is 5.91 Å². The van der Waals surface area contributed by atoms with Crippen molar-refractivity contribution in [1.29, 1.82) is 0 Å². The van der Waals surface area contributed by atoms with Crippen molar-refractivity contribution in [1.82, 2.24) is 10.6 Å². The Morgan fingerprint density at radius 1 is 0.967 bits per heavy atom. The third-order valence-corrected chi connectivity index (χ3v) is 4.95. The van der Waals surface area contributed by atoms with Crippen LogP contribution < -0.4 is 20.1 Å². The van der Waals surface area contributed by atoms with E-state index >= 15 is 0 Å². The molecule has 1 amide bonds. The number of aliphatic hydroxyl groups excluding tert-OH is 1. The first-order valence-electron chi connectivity index (χ1n) is 10.5. The first-order valence-corrected chi connectivity index (χ1v) is 10.5. The minimum Gasteiger partial charge on any atom is -0.493 e. The summed E-state index contributed by atoms with van der Waals surface area (Å²) >= 11 is 0. The van der Waals surface area contributed by atoms with Crippen LogP contribution in [0.4, 0.5) is 0 Å². The number of hydrogen-bond acceptors (Lipinski definition) is 5. The Kier molecular flexibility index (Phi) is 10.2. The van der Waals surface area contributed by atoms with E-state index in [1.807, 2.05) is 18.2 Å². The SMILES string of the molecule is COc1cc(CC(=O)NCCCc2ccc(C)c(C)c2)ccc1OCCNCCO. The van der Waals surface area contributed by atoms with E-state index in [9.17, 15) is 4.79 Å². The fourth-order valence-corrected chi connectivity index (χ4v) is 3.11. The lowest BCUT2D eigenvalue weighted by molar-refractivity contribution is -0.120. The minimum absolute atomic E-state index is 0.000915. The molecule has 2 aromatic rings. The fourth-order valence-electron chi connectivity index (χ4n) is 3.11. The molecule has 0 aliphatic heterocycles. The van der Waals surface area contributed by atoms with Crippen LogP contribution in [0.15, 0.2) is 36.4 Å². The number of rotatable bonds is 13. The van der Waals surface area contributed by atoms with Crippen molar-refractivity contribution in [3.63, 3.8) is 0 Å². The topological polar surface area (TPSA) is 79.8 Å². The third-order valence-electron chi connectivity index (χ3n) is 4.95. The van der Waals surface area contributed by atoms with Crippen LogP contribution in [0.5, 0.6) is 11.5 Å². The zero-order valence-corrected chi connectivity index (χ0v) is 18.3. The summed E-state index contributed by atoms with van der Waals surface area (Å²) in [6.45, 7) is 6.64. The lowest BCUT2D eigenvalue weighted by atomic mass is 10.0. The van der Waals surface area contributed by atoms with Gasteiger partial charge in [0.15, 0.2) is 11.5 Å². The Bertz CT molecular complexity index is 808. The summed E-state index contributed by atoms with van der Waals surface area (Å²) in [5, 5.41) is 14.8. The molecular weight excluding hydrogens is 380 g/mol. The maximum Gasteiger partial charge on any atom is 0.224 e. The van der Waals surface area contributed by atoms with Crippen LogP contribution >= 0.6 is 0 Å². The number of nitrogens with one attached hydrogen (secondary N) is 2. The van der Waals surface area contributed by atoms with E-state index < -0.39 is 0 Å². The lowest BCUT2D eigenvalue weighted by Gasteiger charge is -2.13. The van der Waals surface area contributed by atoms with Gasteiger partial charge in [0, 0.05) is 19.6 Å². The van der Waals surface area contributed by atoms with E-state index in [1.165, 1.54) is 16.7 Å². The number of carbonyl (C=O) groups is 1. The van der Waals surface area contributed by atoms with Gasteiger partial charge in [0.1, 0.15) is 6.61 Å². The van der Waals surface area contributed by atoms with Gasteiger partial charge in [-0.2, -0.15) is 0 Å². The van der Waals surface area contributed by atoms with Crippen molar-refractivity contribution in [3.05, 3.63) is 58.7 Å². The third kappa shape index (κ3) is 8.05. The summed E-state index contributed by atoms with van der Waals surface area (Å²) in [5.41, 5.74) is 4.79. The molecule has 2 rings (SSSR count). The number of benzene rings is 2. The van der Waals surface area contributed by atoms with Gasteiger partial charge in [-0.05, 0) is 61.1 Å². The van der Waals surface area contributed by atoms with Gasteiger partial charge in [-0.25, -0.2) is 0 Å². The highest BCUT2D eigenvalue weighted by atomic mass is 16.5. The van der Waals surface area contributed by atoms with Crippen molar-refractivity contribution in [2.24, 2.45) is 0 Å². The largest absolute Gasteiger partial charge is 0.493 e. The quantitative estimate of drug-likeness (QED) is 0.439. The molecule has 0 fully saturated rings. The minimum atomic E-state index is -0.000915. The summed E-state index contributed by atoms with van der Waals surface area (Å²) in [6, 6.07) is 12.1. The van der Waals surface area contributed by atoms with Crippen LogP contribution in [0, 0.1) is 13.8 Å². The summed E-state index contributed by atoms with van der Waals surface area (Å²) in [4.78, 5) is 12.3. The van der Waals surface area contributed by atoms with Crippen LogP contribution in [0.1, 0.15) is 28.7 Å². The highest BCUT2D eigenvalue weighted by molar-refractivity contribution is 5.78. The molecule has 0 aliphatic carbocycles. The number of aryl methyl sites for hydroxylation is 3. The van der Waals surface area contributed by atoms with Crippen LogP contribution in [0.3, 0.4) is 0 Å². The van der Waals surface area contributed by atoms with E-state index in [2.05, 4.69) is 42.7 Å². The summed E-state index contributed by atoms with van der Waals surface area (Å²) in [6.07, 6.45) is 2.17. The molecule has 0 heterocycles. The summed E-state index contributed by atoms with van der Waals surface area (Å²) in [7, 11) is 1.59. The maximum absolute atomic E-state index is 12.3. The van der Waals surface area contributed by atoms with Crippen molar-refractivity contribution in [2.45, 2.75) is 33.1 Å². The summed E-state index contributed by atoms with van der Waals surface area (Å²) in [5.74, 6) is 1.25. The second-order valence-corrected chi connectivity index (χ2v) is 7.36. The molecule has 0 atom stereocenters. The van der Waals surface area contributed by atoms with Gasteiger partial charge < -0.3 is 25.2 Å². The maximum atomic E-state index is 12.3. The standard InChI is InChI=1S/C24H34N2O4/c1-18-6-7-20(15-19(18)2)5-4-10-26-24(28)17-21-8-9-22(23(16-21)29-3)30-14-12-25-11-13-27/h6-9,15-16,25,27H,4-5,10-14,17H2,1-3H3,(H,26,28). The first kappa shape index (κ1) is 23.7. The van der Waals surface area contributed by atoms with Crippen LogP contribution in [0.25, 0.3) is 0 Å². The van der Waals surface area contributed by atoms with Gasteiger partial charge >= 0.3 is 0 Å². The first-order chi connectivity index (χ1) is 14.5. The van der Waals surface area contributed by atoms with Gasteiger partial charge in [-0.3, -0.25) is 4.79 Å². The predicted molar refractivity (Wildman–Crippen MR) is 119 cm³/mol. The second kappa shape index (κ2) is 12.9. The molecule has 3 N–H and O–H groups in total. The van der Waals surface area contributed by atoms with Crippen molar-refractivity contribution in [3.8, 4) is 11.5 Å². The molecule has 0 aliphatic rings. The van der Waals surface area contributed by atoms with Gasteiger partial charge in [-0.1, -0.05) is 24.3 Å². The normalized spacial score (nSPS) is 10.7. The molecule has 0 radical (unpaired) electrons. The number of methoxy groups -OCH3 is 1. The highest BCUT2D eigenvalue weighted by Gasteiger charge is 2.09. The van der Waals surface area contributed by atoms with E-state index in [0.717, 1.165) is 18.4 Å². The predicted octanol–water partition coefficient (Wildman–Crippen LogP) is 2.56. The molecular formula is C24H34N2O4. The van der Waals surface area contributed by atoms with E-state index in [-0.39, 0.29) is 12.5 Å². The van der Waals surface area contributed by atoms with Crippen molar-refractivity contribution in [2.75, 3.05) is 40.0 Å². The second-order valence-electron chi connectivity index (χ2n) is 7.36. The van der Waals surface area contributed by atoms with Crippen molar-refractivity contribution < 1.29 is 19.4 Å². The smallest absolute Gasteiger partial charge is 0.224 e. The zero-order chi connectivity index (χ0) is 21.8. The molecule has 164 valence electrons. The number of ether oxygens (including phenoxy) is 2. The molecule has 6 heteroatoms. The molecule has 30 heavy (non-hydrogen) atoms. The Labute approximate surface area is 179 Å². The number of hydrogen-bond donors (Lipinski definition) is 3. The number of carbonyl (C=O) groups excluding carboxylic acids is 1. The average molecular weight is 415 g/mol. The molecule has 0 saturated carbocycles. The monoisotopic (exact) mass is 414 g/mol. The molecule has 0 aromatic heterocycles. The lowest BCUT2D eigenvalue weighted by Crippen LogP contribution is -2.26. The van der Waals surface area contributed by atoms with E-state index in [0.29, 0.717) is 44.2 Å². The molecule has 6 nitrogen and oxygen atoms in total. The zero-order valence-electron chi connectivity index (χ0n) is 18.3. The van der Waals surface area contributed by atoms with E-state index in [1.54, 1.807) is 7.11 Å². The Morgan fingerprint density at radius 3 is 2.50 bits per heavy atom. The molecule has 0 saturated heterocycles. The van der Waals surface area contributed by atoms with Gasteiger partial charge in [0.25, 0.3) is 0 Å². The van der Waals surface area contributed by atoms with Crippen molar-refractivity contribution >= 4 is 5.91 Å². The molecule has 0 bridgehead atoms. The van der Waals surface area contributed by atoms with Crippen LogP contribution in [-0.2, 0) is 17.6 Å². The van der Waals surface area contributed by atoms with E-state index in [4.69, 9.17) is 14.6 Å². The molecule has 0 unspecified atom stereocenters. The van der Waals surface area contributed by atoms with Gasteiger partial charge in [0.05, 0.1) is 20.1 Å². The fraction of sp³-hybridized carbons (Fsp3) is 0.458. The van der Waals surface area contributed by atoms with Gasteiger partial charge in [-0.15, -0.1) is 0 Å². The number of amides is 1.